The van der Waals surface area contributed by atoms with E-state index in [1.165, 1.54) is 4.90 Å². The van der Waals surface area contributed by atoms with E-state index in [4.69, 9.17) is 15.6 Å². The van der Waals surface area contributed by atoms with E-state index in [0.717, 1.165) is 0 Å². The third kappa shape index (κ3) is 4.40. The van der Waals surface area contributed by atoms with Crippen molar-refractivity contribution in [2.24, 2.45) is 11.7 Å². The highest BCUT2D eigenvalue weighted by Crippen LogP contribution is 2.07. The number of morpholine rings is 1. The number of urea groups is 1. The summed E-state index contributed by atoms with van der Waals surface area (Å²) in [6.45, 7) is 2.52. The number of hydrogen-bond donors (Lipinski definition) is 3. The van der Waals surface area contributed by atoms with Gasteiger partial charge in [-0.15, -0.1) is 0 Å². The highest BCUT2D eigenvalue weighted by Gasteiger charge is 2.31. The fourth-order valence-corrected chi connectivity index (χ4v) is 1.70. The second-order valence-electron chi connectivity index (χ2n) is 4.45. The molecule has 0 radical (unpaired) electrons. The number of carbonyl (C=O) groups excluding carboxylic acids is 2. The number of primary amides is 1. The quantitative estimate of drug-likeness (QED) is 0.592. The molecule has 0 aliphatic carbocycles. The number of carboxylic acid groups (broad SMARTS) is 1. The number of rotatable bonds is 5. The molecule has 1 heterocycles. The zero-order valence-corrected chi connectivity index (χ0v) is 10.8. The first-order valence-corrected chi connectivity index (χ1v) is 6.07. The number of nitrogens with one attached hydrogen (secondary N) is 1. The molecule has 0 aromatic carbocycles. The van der Waals surface area contributed by atoms with Gasteiger partial charge in [0.1, 0.15) is 6.04 Å². The zero-order chi connectivity index (χ0) is 14.4. The minimum atomic E-state index is -0.907. The van der Waals surface area contributed by atoms with Crippen LogP contribution in [0, 0.1) is 5.92 Å². The third-order valence-corrected chi connectivity index (χ3v) is 2.99. The molecule has 8 heteroatoms. The number of nitrogens with zero attached hydrogens (tertiary/aromatic N) is 1. The Morgan fingerprint density at radius 1 is 1.53 bits per heavy atom. The summed E-state index contributed by atoms with van der Waals surface area (Å²) in [7, 11) is 0. The Kier molecular flexibility index (Phi) is 5.56. The molecule has 2 atom stereocenters. The van der Waals surface area contributed by atoms with Crippen molar-refractivity contribution in [1.29, 1.82) is 0 Å². The van der Waals surface area contributed by atoms with Crippen molar-refractivity contribution in [3.8, 4) is 0 Å². The van der Waals surface area contributed by atoms with E-state index in [2.05, 4.69) is 5.32 Å². The molecule has 0 spiro atoms. The number of amides is 3. The topological polar surface area (TPSA) is 122 Å². The first-order chi connectivity index (χ1) is 8.93. The van der Waals surface area contributed by atoms with Crippen LogP contribution in [0.3, 0.4) is 0 Å². The first kappa shape index (κ1) is 15.2. The lowest BCUT2D eigenvalue weighted by molar-refractivity contribution is -0.141. The summed E-state index contributed by atoms with van der Waals surface area (Å²) in [4.78, 5) is 35.0. The number of carboxylic acids is 1. The molecule has 0 saturated carbocycles. The smallest absolute Gasteiger partial charge is 0.318 e. The molecule has 1 aliphatic rings. The molecule has 1 saturated heterocycles. The van der Waals surface area contributed by atoms with Gasteiger partial charge in [0.2, 0.25) is 5.91 Å². The summed E-state index contributed by atoms with van der Waals surface area (Å²) in [5, 5.41) is 11.3. The van der Waals surface area contributed by atoms with Crippen molar-refractivity contribution in [2.75, 3.05) is 26.3 Å². The second-order valence-corrected chi connectivity index (χ2v) is 4.45. The molecule has 2 unspecified atom stereocenters. The van der Waals surface area contributed by atoms with Gasteiger partial charge in [0.05, 0.1) is 19.1 Å². The summed E-state index contributed by atoms with van der Waals surface area (Å²) in [6.07, 6.45) is 0.326. The van der Waals surface area contributed by atoms with E-state index >= 15 is 0 Å². The summed E-state index contributed by atoms with van der Waals surface area (Å²) >= 11 is 0. The normalized spacial score (nSPS) is 20.7. The summed E-state index contributed by atoms with van der Waals surface area (Å²) in [6, 6.07) is -1.20. The van der Waals surface area contributed by atoms with Gasteiger partial charge in [-0.05, 0) is 6.42 Å². The van der Waals surface area contributed by atoms with E-state index in [9.17, 15) is 14.4 Å². The monoisotopic (exact) mass is 273 g/mol. The van der Waals surface area contributed by atoms with E-state index < -0.39 is 29.9 Å². The van der Waals surface area contributed by atoms with Crippen LogP contribution in [0.15, 0.2) is 0 Å². The highest BCUT2D eigenvalue weighted by molar-refractivity contribution is 5.86. The molecular formula is C11H19N3O5. The number of nitrogens with two attached hydrogens (primary N) is 1. The molecule has 1 fully saturated rings. The SMILES string of the molecule is CC(CCNC(=O)N1CCOCC1C(N)=O)C(=O)O. The van der Waals surface area contributed by atoms with Crippen molar-refractivity contribution >= 4 is 17.9 Å². The van der Waals surface area contributed by atoms with E-state index in [0.29, 0.717) is 13.0 Å². The number of carbonyl (C=O) groups is 3. The van der Waals surface area contributed by atoms with Gasteiger partial charge in [0.25, 0.3) is 0 Å². The van der Waals surface area contributed by atoms with Crippen molar-refractivity contribution in [3.05, 3.63) is 0 Å². The molecular weight excluding hydrogens is 254 g/mol. The van der Waals surface area contributed by atoms with Crippen LogP contribution in [0.25, 0.3) is 0 Å². The minimum absolute atomic E-state index is 0.0915. The lowest BCUT2D eigenvalue weighted by Gasteiger charge is -2.33. The zero-order valence-electron chi connectivity index (χ0n) is 10.8. The summed E-state index contributed by atoms with van der Waals surface area (Å²) < 4.78 is 5.10. The van der Waals surface area contributed by atoms with Gasteiger partial charge in [0.15, 0.2) is 0 Å². The van der Waals surface area contributed by atoms with Gasteiger partial charge in [0, 0.05) is 13.1 Å². The fraction of sp³-hybridized carbons (Fsp3) is 0.727. The van der Waals surface area contributed by atoms with Crippen molar-refractivity contribution < 1.29 is 24.2 Å². The summed E-state index contributed by atoms with van der Waals surface area (Å²) in [5.74, 6) is -2.05. The van der Waals surface area contributed by atoms with Gasteiger partial charge >= 0.3 is 12.0 Å². The van der Waals surface area contributed by atoms with E-state index in [1.54, 1.807) is 6.92 Å². The van der Waals surface area contributed by atoms with Gasteiger partial charge < -0.3 is 25.8 Å². The maximum Gasteiger partial charge on any atom is 0.318 e. The lowest BCUT2D eigenvalue weighted by atomic mass is 10.1. The van der Waals surface area contributed by atoms with Crippen molar-refractivity contribution in [3.63, 3.8) is 0 Å². The number of hydrogen-bond acceptors (Lipinski definition) is 4. The average molecular weight is 273 g/mol. The molecule has 1 rings (SSSR count). The molecule has 0 aromatic rings. The van der Waals surface area contributed by atoms with Crippen LogP contribution in [0.4, 0.5) is 4.79 Å². The van der Waals surface area contributed by atoms with Crippen LogP contribution in [0.1, 0.15) is 13.3 Å². The molecule has 4 N–H and O–H groups in total. The Labute approximate surface area is 110 Å². The summed E-state index contributed by atoms with van der Waals surface area (Å²) in [5.41, 5.74) is 5.19. The largest absolute Gasteiger partial charge is 0.481 e. The van der Waals surface area contributed by atoms with Crippen LogP contribution in [0.5, 0.6) is 0 Å². The Hall–Kier alpha value is -1.83. The van der Waals surface area contributed by atoms with Crippen LogP contribution in [0.2, 0.25) is 0 Å². The molecule has 108 valence electrons. The lowest BCUT2D eigenvalue weighted by Crippen LogP contribution is -2.57. The van der Waals surface area contributed by atoms with Gasteiger partial charge in [-0.2, -0.15) is 0 Å². The van der Waals surface area contributed by atoms with Crippen LogP contribution in [-0.4, -0.2) is 60.3 Å². The Morgan fingerprint density at radius 3 is 2.79 bits per heavy atom. The Morgan fingerprint density at radius 2 is 2.21 bits per heavy atom. The molecule has 8 nitrogen and oxygen atoms in total. The predicted octanol–water partition coefficient (Wildman–Crippen LogP) is -1.01. The standard InChI is InChI=1S/C11H19N3O5/c1-7(10(16)17)2-3-13-11(18)14-4-5-19-6-8(14)9(12)15/h7-8H,2-6H2,1H3,(H2,12,15)(H,13,18)(H,16,17). The fourth-order valence-electron chi connectivity index (χ4n) is 1.70. The molecule has 0 bridgehead atoms. The molecule has 3 amide bonds. The number of ether oxygens (including phenoxy) is 1. The minimum Gasteiger partial charge on any atom is -0.481 e. The van der Waals surface area contributed by atoms with Crippen LogP contribution < -0.4 is 11.1 Å². The second kappa shape index (κ2) is 6.93. The molecule has 1 aliphatic heterocycles. The van der Waals surface area contributed by atoms with Crippen molar-refractivity contribution in [2.45, 2.75) is 19.4 Å². The van der Waals surface area contributed by atoms with E-state index in [1.807, 2.05) is 0 Å². The Balaban J connectivity index is 2.43. The van der Waals surface area contributed by atoms with Crippen LogP contribution in [-0.2, 0) is 14.3 Å². The van der Waals surface area contributed by atoms with Crippen LogP contribution >= 0.6 is 0 Å². The van der Waals surface area contributed by atoms with Gasteiger partial charge in [-0.3, -0.25) is 9.59 Å². The highest BCUT2D eigenvalue weighted by atomic mass is 16.5. The number of aliphatic carboxylic acids is 1. The predicted molar refractivity (Wildman–Crippen MR) is 65.3 cm³/mol. The molecule has 0 aromatic heterocycles. The van der Waals surface area contributed by atoms with Gasteiger partial charge in [-0.1, -0.05) is 6.92 Å². The average Bonchev–Trinajstić information content (AvgIpc) is 2.38. The third-order valence-electron chi connectivity index (χ3n) is 2.99. The van der Waals surface area contributed by atoms with Gasteiger partial charge in [-0.25, -0.2) is 4.79 Å². The van der Waals surface area contributed by atoms with Crippen molar-refractivity contribution in [1.82, 2.24) is 10.2 Å². The Bertz CT molecular complexity index is 360. The maximum atomic E-state index is 11.9. The van der Waals surface area contributed by atoms with E-state index in [-0.39, 0.29) is 19.7 Å². The maximum absolute atomic E-state index is 11.9. The molecule has 19 heavy (non-hydrogen) atoms. The first-order valence-electron chi connectivity index (χ1n) is 6.07.